The van der Waals surface area contributed by atoms with Crippen LogP contribution in [-0.4, -0.2) is 11.5 Å². The third-order valence-corrected chi connectivity index (χ3v) is 3.27. The molecular weight excluding hydrogens is 272 g/mol. The second-order valence-corrected chi connectivity index (χ2v) is 4.93. The summed E-state index contributed by atoms with van der Waals surface area (Å²) in [5.74, 6) is 1.49. The monoisotopic (exact) mass is 290 g/mol. The lowest BCUT2D eigenvalue weighted by atomic mass is 10.0. The van der Waals surface area contributed by atoms with Crippen molar-refractivity contribution in [1.29, 1.82) is 0 Å². The van der Waals surface area contributed by atoms with Crippen LogP contribution >= 0.6 is 11.6 Å². The van der Waals surface area contributed by atoms with E-state index in [4.69, 9.17) is 16.3 Å². The van der Waals surface area contributed by atoms with Gasteiger partial charge in [-0.15, -0.1) is 0 Å². The highest BCUT2D eigenvalue weighted by Crippen LogP contribution is 2.31. The molecule has 3 nitrogen and oxygen atoms in total. The number of para-hydroxylation sites is 1. The van der Waals surface area contributed by atoms with Crippen molar-refractivity contribution >= 4 is 11.6 Å². The van der Waals surface area contributed by atoms with E-state index in [2.05, 4.69) is 30.2 Å². The number of halogens is 1. The molecule has 1 heterocycles. The van der Waals surface area contributed by atoms with Crippen LogP contribution in [0.4, 0.5) is 0 Å². The molecule has 0 spiro atoms. The summed E-state index contributed by atoms with van der Waals surface area (Å²) in [4.78, 5) is 4.04. The Morgan fingerprint density at radius 1 is 1.25 bits per heavy atom. The van der Waals surface area contributed by atoms with Crippen LogP contribution in [0.15, 0.2) is 42.7 Å². The zero-order valence-electron chi connectivity index (χ0n) is 11.8. The van der Waals surface area contributed by atoms with Crippen LogP contribution in [0.25, 0.3) is 0 Å². The molecule has 1 unspecified atom stereocenters. The lowest BCUT2D eigenvalue weighted by molar-refractivity contribution is 0.451. The maximum absolute atomic E-state index is 5.94. The molecule has 0 aliphatic rings. The van der Waals surface area contributed by atoms with E-state index in [1.807, 2.05) is 18.2 Å². The van der Waals surface area contributed by atoms with E-state index in [0.717, 1.165) is 24.3 Å². The first kappa shape index (κ1) is 14.8. The predicted octanol–water partition coefficient (Wildman–Crippen LogP) is 4.59. The van der Waals surface area contributed by atoms with Crippen LogP contribution in [0.2, 0.25) is 5.02 Å². The standard InChI is InChI=1S/C16H19ClN2O/c1-3-15(19-4-2)14-7-5-6-8-16(14)20-13-9-12(17)10-18-11-13/h5-11,15,19H,3-4H2,1-2H3. The summed E-state index contributed by atoms with van der Waals surface area (Å²) in [5.41, 5.74) is 1.15. The minimum Gasteiger partial charge on any atom is -0.455 e. The molecule has 0 fully saturated rings. The smallest absolute Gasteiger partial charge is 0.147 e. The average Bonchev–Trinajstić information content (AvgIpc) is 2.46. The first-order chi connectivity index (χ1) is 9.74. The third kappa shape index (κ3) is 3.71. The number of hydrogen-bond donors (Lipinski definition) is 1. The second-order valence-electron chi connectivity index (χ2n) is 4.50. The summed E-state index contributed by atoms with van der Waals surface area (Å²) in [7, 11) is 0. The third-order valence-electron chi connectivity index (χ3n) is 3.06. The molecule has 20 heavy (non-hydrogen) atoms. The van der Waals surface area contributed by atoms with Gasteiger partial charge in [-0.25, -0.2) is 0 Å². The van der Waals surface area contributed by atoms with Crippen molar-refractivity contribution in [3.05, 3.63) is 53.3 Å². The van der Waals surface area contributed by atoms with Gasteiger partial charge in [-0.05, 0) is 19.0 Å². The maximum atomic E-state index is 5.94. The largest absolute Gasteiger partial charge is 0.455 e. The van der Waals surface area contributed by atoms with E-state index < -0.39 is 0 Å². The highest BCUT2D eigenvalue weighted by Gasteiger charge is 2.13. The Morgan fingerprint density at radius 3 is 2.75 bits per heavy atom. The van der Waals surface area contributed by atoms with E-state index in [1.165, 1.54) is 0 Å². The van der Waals surface area contributed by atoms with Crippen LogP contribution < -0.4 is 10.1 Å². The highest BCUT2D eigenvalue weighted by molar-refractivity contribution is 6.30. The van der Waals surface area contributed by atoms with Crippen LogP contribution in [0.5, 0.6) is 11.5 Å². The summed E-state index contributed by atoms with van der Waals surface area (Å²) in [5, 5.41) is 4.03. The van der Waals surface area contributed by atoms with E-state index in [0.29, 0.717) is 10.8 Å². The molecule has 0 saturated carbocycles. The summed E-state index contributed by atoms with van der Waals surface area (Å²) in [6.07, 6.45) is 4.26. The highest BCUT2D eigenvalue weighted by atomic mass is 35.5. The SMILES string of the molecule is CCNC(CC)c1ccccc1Oc1cncc(Cl)c1. The average molecular weight is 291 g/mol. The predicted molar refractivity (Wildman–Crippen MR) is 82.5 cm³/mol. The van der Waals surface area contributed by atoms with Gasteiger partial charge in [0, 0.05) is 23.9 Å². The fraction of sp³-hybridized carbons (Fsp3) is 0.312. The van der Waals surface area contributed by atoms with Crippen LogP contribution in [0.1, 0.15) is 31.9 Å². The lowest BCUT2D eigenvalue weighted by Crippen LogP contribution is -2.20. The molecule has 1 aromatic heterocycles. The molecule has 1 N–H and O–H groups in total. The van der Waals surface area contributed by atoms with Crippen molar-refractivity contribution in [2.24, 2.45) is 0 Å². The molecule has 106 valence electrons. The fourth-order valence-electron chi connectivity index (χ4n) is 2.16. The van der Waals surface area contributed by atoms with Gasteiger partial charge in [0.15, 0.2) is 0 Å². The molecule has 0 amide bonds. The van der Waals surface area contributed by atoms with Gasteiger partial charge >= 0.3 is 0 Å². The summed E-state index contributed by atoms with van der Waals surface area (Å²) >= 11 is 5.94. The Bertz CT molecular complexity index is 560. The Morgan fingerprint density at radius 2 is 2.05 bits per heavy atom. The zero-order valence-corrected chi connectivity index (χ0v) is 12.5. The van der Waals surface area contributed by atoms with Crippen LogP contribution in [-0.2, 0) is 0 Å². The van der Waals surface area contributed by atoms with Gasteiger partial charge in [0.25, 0.3) is 0 Å². The van der Waals surface area contributed by atoms with Gasteiger partial charge in [0.1, 0.15) is 11.5 Å². The lowest BCUT2D eigenvalue weighted by Gasteiger charge is -2.19. The molecule has 2 aromatic rings. The van der Waals surface area contributed by atoms with Crippen molar-refractivity contribution in [3.8, 4) is 11.5 Å². The van der Waals surface area contributed by atoms with E-state index in [-0.39, 0.29) is 6.04 Å². The summed E-state index contributed by atoms with van der Waals surface area (Å²) in [6.45, 7) is 5.18. The van der Waals surface area contributed by atoms with E-state index in [1.54, 1.807) is 18.5 Å². The molecule has 4 heteroatoms. The quantitative estimate of drug-likeness (QED) is 0.845. The topological polar surface area (TPSA) is 34.1 Å². The number of rotatable bonds is 6. The molecule has 1 aromatic carbocycles. The van der Waals surface area contributed by atoms with Crippen LogP contribution in [0.3, 0.4) is 0 Å². The maximum Gasteiger partial charge on any atom is 0.147 e. The van der Waals surface area contributed by atoms with Crippen molar-refractivity contribution in [3.63, 3.8) is 0 Å². The minimum atomic E-state index is 0.281. The van der Waals surface area contributed by atoms with E-state index in [9.17, 15) is 0 Å². The van der Waals surface area contributed by atoms with Gasteiger partial charge in [0.05, 0.1) is 11.2 Å². The number of nitrogens with one attached hydrogen (secondary N) is 1. The van der Waals surface area contributed by atoms with Gasteiger partial charge in [-0.2, -0.15) is 0 Å². The van der Waals surface area contributed by atoms with Crippen molar-refractivity contribution in [2.45, 2.75) is 26.3 Å². The Hall–Kier alpha value is -1.58. The molecule has 1 atom stereocenters. The summed E-state index contributed by atoms with van der Waals surface area (Å²) < 4.78 is 5.93. The molecule has 0 aliphatic carbocycles. The molecular formula is C16H19ClN2O. The van der Waals surface area contributed by atoms with Gasteiger partial charge in [-0.1, -0.05) is 43.6 Å². The van der Waals surface area contributed by atoms with Gasteiger partial charge in [-0.3, -0.25) is 4.98 Å². The molecule has 0 bridgehead atoms. The minimum absolute atomic E-state index is 0.281. The first-order valence-corrected chi connectivity index (χ1v) is 7.23. The van der Waals surface area contributed by atoms with Gasteiger partial charge in [0.2, 0.25) is 0 Å². The van der Waals surface area contributed by atoms with Gasteiger partial charge < -0.3 is 10.1 Å². The van der Waals surface area contributed by atoms with Crippen LogP contribution in [0, 0.1) is 0 Å². The molecule has 2 rings (SSSR count). The normalized spacial score (nSPS) is 12.2. The van der Waals surface area contributed by atoms with E-state index >= 15 is 0 Å². The number of pyridine rings is 1. The number of ether oxygens (including phenoxy) is 1. The summed E-state index contributed by atoms with van der Waals surface area (Å²) in [6, 6.07) is 10.1. The zero-order chi connectivity index (χ0) is 14.4. The second kappa shape index (κ2) is 7.27. The first-order valence-electron chi connectivity index (χ1n) is 6.85. The molecule has 0 aliphatic heterocycles. The number of benzene rings is 1. The Kier molecular flexibility index (Phi) is 5.39. The molecule has 0 radical (unpaired) electrons. The van der Waals surface area contributed by atoms with Crippen molar-refractivity contribution in [1.82, 2.24) is 10.3 Å². The Labute approximate surface area is 124 Å². The molecule has 0 saturated heterocycles. The fourth-order valence-corrected chi connectivity index (χ4v) is 2.32. The van der Waals surface area contributed by atoms with Crippen molar-refractivity contribution < 1.29 is 4.74 Å². The number of nitrogens with zero attached hydrogens (tertiary/aromatic N) is 1. The number of hydrogen-bond acceptors (Lipinski definition) is 3. The number of aromatic nitrogens is 1. The van der Waals surface area contributed by atoms with Crippen molar-refractivity contribution in [2.75, 3.05) is 6.54 Å². The Balaban J connectivity index is 2.27.